The summed E-state index contributed by atoms with van der Waals surface area (Å²) in [5.74, 6) is 1.04. The summed E-state index contributed by atoms with van der Waals surface area (Å²) < 4.78 is 42.2. The molecule has 0 radical (unpaired) electrons. The molecule has 206 valence electrons. The summed E-state index contributed by atoms with van der Waals surface area (Å²) in [5.41, 5.74) is 1.86. The summed E-state index contributed by atoms with van der Waals surface area (Å²) >= 11 is 0. The van der Waals surface area contributed by atoms with E-state index in [-0.39, 0.29) is 12.2 Å². The number of rotatable bonds is 12. The van der Waals surface area contributed by atoms with Crippen molar-refractivity contribution in [2.45, 2.75) is 110 Å². The second kappa shape index (κ2) is 14.6. The van der Waals surface area contributed by atoms with Crippen molar-refractivity contribution in [1.29, 1.82) is 0 Å². The predicted molar refractivity (Wildman–Crippen MR) is 148 cm³/mol. The quantitative estimate of drug-likeness (QED) is 0.204. The fourth-order valence-corrected chi connectivity index (χ4v) is 6.68. The molecule has 1 atom stereocenters. The first-order chi connectivity index (χ1) is 18.1. The molecule has 1 aliphatic heterocycles. The second-order valence-electron chi connectivity index (χ2n) is 11.8. The van der Waals surface area contributed by atoms with E-state index >= 15 is 0 Å². The maximum atomic E-state index is 15.0. The first kappa shape index (κ1) is 28.5. The minimum Gasteiger partial charge on any atom is -0.352 e. The number of unbranched alkanes of at least 4 members (excludes halogenated alkanes) is 4. The summed E-state index contributed by atoms with van der Waals surface area (Å²) in [6.07, 6.45) is 20.2. The molecular formula is C33H48F2O2. The van der Waals surface area contributed by atoms with Crippen molar-refractivity contribution in [1.82, 2.24) is 0 Å². The number of halogens is 2. The molecule has 4 rings (SSSR count). The van der Waals surface area contributed by atoms with Gasteiger partial charge in [-0.05, 0) is 80.8 Å². The standard InChI is InChI=1S/C33H48F2O2/c1-3-5-7-8-9-11-27-20-21-30(32(35)31(27)34)26-16-18-28(19-17-26)33-36-22-29(23-37-33)25-14-12-24(13-15-25)10-6-4-2/h4,16,20-21,24-25,28-29,33H,2-3,5-15,17-19,22-23H2,1H3. The van der Waals surface area contributed by atoms with Gasteiger partial charge < -0.3 is 9.47 Å². The summed E-state index contributed by atoms with van der Waals surface area (Å²) in [6, 6.07) is 3.58. The van der Waals surface area contributed by atoms with E-state index in [4.69, 9.17) is 9.47 Å². The first-order valence-electron chi connectivity index (χ1n) is 15.1. The summed E-state index contributed by atoms with van der Waals surface area (Å²) in [5, 5.41) is 0. The molecule has 0 spiro atoms. The van der Waals surface area contributed by atoms with Gasteiger partial charge in [0.2, 0.25) is 0 Å². The third kappa shape index (κ3) is 7.76. The van der Waals surface area contributed by atoms with E-state index in [1.54, 1.807) is 12.1 Å². The Hall–Kier alpha value is -1.52. The van der Waals surface area contributed by atoms with Gasteiger partial charge in [0.05, 0.1) is 13.2 Å². The zero-order valence-electron chi connectivity index (χ0n) is 23.0. The fraction of sp³-hybridized carbons (Fsp3) is 0.697. The highest BCUT2D eigenvalue weighted by molar-refractivity contribution is 5.67. The number of ether oxygens (including phenoxy) is 2. The van der Waals surface area contributed by atoms with Crippen LogP contribution in [-0.4, -0.2) is 19.5 Å². The second-order valence-corrected chi connectivity index (χ2v) is 11.8. The van der Waals surface area contributed by atoms with E-state index in [1.165, 1.54) is 51.4 Å². The third-order valence-electron chi connectivity index (χ3n) is 9.18. The Bertz CT molecular complexity index is 879. The minimum atomic E-state index is -0.678. The molecule has 1 heterocycles. The van der Waals surface area contributed by atoms with E-state index in [1.807, 2.05) is 6.08 Å². The van der Waals surface area contributed by atoms with E-state index in [0.29, 0.717) is 23.5 Å². The van der Waals surface area contributed by atoms with Gasteiger partial charge in [-0.3, -0.25) is 0 Å². The van der Waals surface area contributed by atoms with Gasteiger partial charge in [-0.15, -0.1) is 6.58 Å². The molecule has 1 aromatic carbocycles. The SMILES string of the molecule is C=CCCC1CCC(C2COC(C3CC=C(c4ccc(CCCCCCC)c(F)c4F)CC3)OC2)CC1. The monoisotopic (exact) mass is 514 g/mol. The highest BCUT2D eigenvalue weighted by Gasteiger charge is 2.35. The fourth-order valence-electron chi connectivity index (χ4n) is 6.68. The molecule has 0 aromatic heterocycles. The van der Waals surface area contributed by atoms with E-state index in [0.717, 1.165) is 69.1 Å². The lowest BCUT2D eigenvalue weighted by Crippen LogP contribution is -2.41. The van der Waals surface area contributed by atoms with Crippen LogP contribution in [0.5, 0.6) is 0 Å². The Labute approximate surface area is 223 Å². The lowest BCUT2D eigenvalue weighted by molar-refractivity contribution is -0.233. The molecule has 1 saturated heterocycles. The van der Waals surface area contributed by atoms with Crippen LogP contribution in [0.15, 0.2) is 30.9 Å². The van der Waals surface area contributed by atoms with Crippen molar-refractivity contribution in [3.8, 4) is 0 Å². The van der Waals surface area contributed by atoms with Crippen molar-refractivity contribution in [2.24, 2.45) is 23.7 Å². The molecule has 1 unspecified atom stereocenters. The molecule has 0 N–H and O–H groups in total. The molecular weight excluding hydrogens is 466 g/mol. The Morgan fingerprint density at radius 3 is 2.32 bits per heavy atom. The van der Waals surface area contributed by atoms with Gasteiger partial charge in [-0.2, -0.15) is 0 Å². The van der Waals surface area contributed by atoms with Gasteiger partial charge in [-0.1, -0.05) is 69.7 Å². The van der Waals surface area contributed by atoms with Crippen LogP contribution in [0.4, 0.5) is 8.78 Å². The van der Waals surface area contributed by atoms with Crippen LogP contribution in [0, 0.1) is 35.3 Å². The Morgan fingerprint density at radius 2 is 1.65 bits per heavy atom. The number of allylic oxidation sites excluding steroid dienone is 3. The Kier molecular flexibility index (Phi) is 11.2. The zero-order chi connectivity index (χ0) is 26.0. The van der Waals surface area contributed by atoms with Crippen molar-refractivity contribution in [3.63, 3.8) is 0 Å². The number of hydrogen-bond acceptors (Lipinski definition) is 2. The Balaban J connectivity index is 1.23. The molecule has 3 aliphatic rings. The summed E-state index contributed by atoms with van der Waals surface area (Å²) in [6.45, 7) is 7.62. The largest absolute Gasteiger partial charge is 0.352 e. The lowest BCUT2D eigenvalue weighted by Gasteiger charge is -2.40. The minimum absolute atomic E-state index is 0.172. The van der Waals surface area contributed by atoms with Crippen molar-refractivity contribution < 1.29 is 18.3 Å². The Morgan fingerprint density at radius 1 is 0.892 bits per heavy atom. The summed E-state index contributed by atoms with van der Waals surface area (Å²) in [7, 11) is 0. The van der Waals surface area contributed by atoms with Crippen molar-refractivity contribution >= 4 is 5.57 Å². The van der Waals surface area contributed by atoms with Crippen LogP contribution in [0.2, 0.25) is 0 Å². The molecule has 2 fully saturated rings. The average Bonchev–Trinajstić information content (AvgIpc) is 2.94. The molecule has 0 amide bonds. The molecule has 4 heteroatoms. The number of aryl methyl sites for hydroxylation is 1. The van der Waals surface area contributed by atoms with Crippen molar-refractivity contribution in [3.05, 3.63) is 53.6 Å². The molecule has 37 heavy (non-hydrogen) atoms. The topological polar surface area (TPSA) is 18.5 Å². The van der Waals surface area contributed by atoms with Crippen molar-refractivity contribution in [2.75, 3.05) is 13.2 Å². The molecule has 2 nitrogen and oxygen atoms in total. The molecule has 1 aromatic rings. The predicted octanol–water partition coefficient (Wildman–Crippen LogP) is 9.42. The van der Waals surface area contributed by atoms with Gasteiger partial charge in [-0.25, -0.2) is 8.78 Å². The smallest absolute Gasteiger partial charge is 0.166 e. The van der Waals surface area contributed by atoms with Gasteiger partial charge in [0.25, 0.3) is 0 Å². The van der Waals surface area contributed by atoms with Crippen LogP contribution in [0.25, 0.3) is 5.57 Å². The third-order valence-corrected chi connectivity index (χ3v) is 9.18. The summed E-state index contributed by atoms with van der Waals surface area (Å²) in [4.78, 5) is 0. The lowest BCUT2D eigenvalue weighted by atomic mass is 9.74. The van der Waals surface area contributed by atoms with Crippen LogP contribution < -0.4 is 0 Å². The first-order valence-corrected chi connectivity index (χ1v) is 15.1. The highest BCUT2D eigenvalue weighted by Crippen LogP contribution is 2.40. The van der Waals surface area contributed by atoms with Gasteiger partial charge in [0.15, 0.2) is 17.9 Å². The zero-order valence-corrected chi connectivity index (χ0v) is 23.0. The maximum absolute atomic E-state index is 15.0. The normalized spacial score (nSPS) is 28.6. The van der Waals surface area contributed by atoms with Crippen LogP contribution in [0.3, 0.4) is 0 Å². The van der Waals surface area contributed by atoms with Crippen LogP contribution in [0.1, 0.15) is 108 Å². The van der Waals surface area contributed by atoms with Gasteiger partial charge in [0, 0.05) is 17.4 Å². The average molecular weight is 515 g/mol. The number of benzene rings is 1. The van der Waals surface area contributed by atoms with Crippen LogP contribution in [-0.2, 0) is 15.9 Å². The van der Waals surface area contributed by atoms with Crippen LogP contribution >= 0.6 is 0 Å². The molecule has 1 saturated carbocycles. The van der Waals surface area contributed by atoms with E-state index < -0.39 is 11.6 Å². The maximum Gasteiger partial charge on any atom is 0.166 e. The van der Waals surface area contributed by atoms with Gasteiger partial charge >= 0.3 is 0 Å². The molecule has 0 bridgehead atoms. The van der Waals surface area contributed by atoms with E-state index in [9.17, 15) is 8.78 Å². The van der Waals surface area contributed by atoms with E-state index in [2.05, 4.69) is 19.6 Å². The van der Waals surface area contributed by atoms with Gasteiger partial charge in [0.1, 0.15) is 0 Å². The number of hydrogen-bond donors (Lipinski definition) is 0. The highest BCUT2D eigenvalue weighted by atomic mass is 19.2. The molecule has 2 aliphatic carbocycles.